The number of β-amino-alcohol motifs (C(OH)–C–C–N with tert-alkyl or cyclic N) is 1. The fourth-order valence-corrected chi connectivity index (χ4v) is 3.33. The molecule has 2 atom stereocenters. The van der Waals surface area contributed by atoms with E-state index in [4.69, 9.17) is 4.74 Å². The standard InChI is InChI=1S/C21H34N2O3/c1-5-21(12-9-13-21)22-15-18(24)17(14-16-10-7-6-8-11-16)23-19(25)26-20(2,3)4/h6-8,10-11,17-18,22,24H,5,9,12-15H2,1-4H3,(H,23,25)/t17-,18+/m0/s1. The van der Waals surface area contributed by atoms with Crippen molar-refractivity contribution in [3.8, 4) is 0 Å². The lowest BCUT2D eigenvalue weighted by Gasteiger charge is -2.43. The number of carbonyl (C=O) groups excluding carboxylic acids is 1. The summed E-state index contributed by atoms with van der Waals surface area (Å²) in [4.78, 5) is 12.2. The highest BCUT2D eigenvalue weighted by molar-refractivity contribution is 5.68. The largest absolute Gasteiger partial charge is 0.444 e. The highest BCUT2D eigenvalue weighted by atomic mass is 16.6. The lowest BCUT2D eigenvalue weighted by Crippen LogP contribution is -2.56. The number of aliphatic hydroxyl groups excluding tert-OH is 1. The van der Waals surface area contributed by atoms with Gasteiger partial charge in [0.2, 0.25) is 0 Å². The molecule has 1 aromatic carbocycles. The maximum atomic E-state index is 12.2. The van der Waals surface area contributed by atoms with Gasteiger partial charge < -0.3 is 20.5 Å². The Morgan fingerprint density at radius 1 is 1.27 bits per heavy atom. The normalized spacial score (nSPS) is 18.5. The van der Waals surface area contributed by atoms with E-state index in [0.29, 0.717) is 13.0 Å². The number of benzene rings is 1. The van der Waals surface area contributed by atoms with Gasteiger partial charge in [0.1, 0.15) is 5.60 Å². The zero-order valence-corrected chi connectivity index (χ0v) is 16.5. The van der Waals surface area contributed by atoms with Gasteiger partial charge in [0.25, 0.3) is 0 Å². The maximum Gasteiger partial charge on any atom is 0.407 e. The molecule has 1 aliphatic rings. The second-order valence-corrected chi connectivity index (χ2v) is 8.38. The first-order valence-corrected chi connectivity index (χ1v) is 9.69. The van der Waals surface area contributed by atoms with Gasteiger partial charge in [-0.05, 0) is 58.4 Å². The average molecular weight is 363 g/mol. The van der Waals surface area contributed by atoms with Crippen LogP contribution in [0.5, 0.6) is 0 Å². The molecule has 3 N–H and O–H groups in total. The molecule has 1 aromatic rings. The summed E-state index contributed by atoms with van der Waals surface area (Å²) in [6.45, 7) is 8.13. The fourth-order valence-electron chi connectivity index (χ4n) is 3.33. The minimum absolute atomic E-state index is 0.157. The van der Waals surface area contributed by atoms with Gasteiger partial charge in [-0.3, -0.25) is 0 Å². The zero-order chi connectivity index (χ0) is 19.2. The molecule has 1 amide bonds. The molecule has 5 heteroatoms. The van der Waals surface area contributed by atoms with Gasteiger partial charge in [-0.1, -0.05) is 37.3 Å². The van der Waals surface area contributed by atoms with Gasteiger partial charge in [-0.15, -0.1) is 0 Å². The van der Waals surface area contributed by atoms with Crippen molar-refractivity contribution in [1.82, 2.24) is 10.6 Å². The molecule has 0 heterocycles. The van der Waals surface area contributed by atoms with E-state index >= 15 is 0 Å². The molecule has 26 heavy (non-hydrogen) atoms. The van der Waals surface area contributed by atoms with Crippen LogP contribution in [0.1, 0.15) is 58.9 Å². The topological polar surface area (TPSA) is 70.6 Å². The van der Waals surface area contributed by atoms with Gasteiger partial charge >= 0.3 is 6.09 Å². The Hall–Kier alpha value is -1.59. The summed E-state index contributed by atoms with van der Waals surface area (Å²) in [5, 5.41) is 17.2. The number of nitrogens with one attached hydrogen (secondary N) is 2. The van der Waals surface area contributed by atoms with Crippen LogP contribution >= 0.6 is 0 Å². The first-order valence-electron chi connectivity index (χ1n) is 9.69. The van der Waals surface area contributed by atoms with Crippen LogP contribution in [0.25, 0.3) is 0 Å². The van der Waals surface area contributed by atoms with E-state index in [-0.39, 0.29) is 5.54 Å². The Kier molecular flexibility index (Phi) is 7.07. The van der Waals surface area contributed by atoms with Crippen molar-refractivity contribution in [3.63, 3.8) is 0 Å². The second-order valence-electron chi connectivity index (χ2n) is 8.38. The highest BCUT2D eigenvalue weighted by Crippen LogP contribution is 2.34. The number of ether oxygens (including phenoxy) is 1. The van der Waals surface area contributed by atoms with Crippen LogP contribution in [0.4, 0.5) is 4.79 Å². The first kappa shape index (κ1) is 20.7. The van der Waals surface area contributed by atoms with E-state index in [2.05, 4.69) is 17.6 Å². The van der Waals surface area contributed by atoms with E-state index in [9.17, 15) is 9.90 Å². The minimum Gasteiger partial charge on any atom is -0.444 e. The molecule has 0 unspecified atom stereocenters. The van der Waals surface area contributed by atoms with Crippen LogP contribution in [0.3, 0.4) is 0 Å². The number of alkyl carbamates (subject to hydrolysis) is 1. The van der Waals surface area contributed by atoms with E-state index < -0.39 is 23.8 Å². The molecule has 5 nitrogen and oxygen atoms in total. The molecule has 1 saturated carbocycles. The van der Waals surface area contributed by atoms with Gasteiger partial charge in [0.15, 0.2) is 0 Å². The van der Waals surface area contributed by atoms with Crippen molar-refractivity contribution in [3.05, 3.63) is 35.9 Å². The summed E-state index contributed by atoms with van der Waals surface area (Å²) in [6, 6.07) is 9.48. The first-order chi connectivity index (χ1) is 12.2. The number of hydrogen-bond acceptors (Lipinski definition) is 4. The molecule has 0 saturated heterocycles. The zero-order valence-electron chi connectivity index (χ0n) is 16.5. The quantitative estimate of drug-likeness (QED) is 0.663. The number of hydrogen-bond donors (Lipinski definition) is 3. The van der Waals surface area contributed by atoms with Crippen LogP contribution in [-0.2, 0) is 11.2 Å². The fraction of sp³-hybridized carbons (Fsp3) is 0.667. The van der Waals surface area contributed by atoms with Crippen molar-refractivity contribution >= 4 is 6.09 Å². The van der Waals surface area contributed by atoms with Gasteiger partial charge in [-0.2, -0.15) is 0 Å². The summed E-state index contributed by atoms with van der Waals surface area (Å²) >= 11 is 0. The third kappa shape index (κ3) is 6.29. The summed E-state index contributed by atoms with van der Waals surface area (Å²) in [5.41, 5.74) is 0.661. The maximum absolute atomic E-state index is 12.2. The highest BCUT2D eigenvalue weighted by Gasteiger charge is 2.35. The van der Waals surface area contributed by atoms with Crippen molar-refractivity contribution < 1.29 is 14.6 Å². The van der Waals surface area contributed by atoms with Gasteiger partial charge in [-0.25, -0.2) is 4.79 Å². The molecule has 146 valence electrons. The molecule has 1 aliphatic carbocycles. The summed E-state index contributed by atoms with van der Waals surface area (Å²) in [5.74, 6) is 0. The molecule has 0 bridgehead atoms. The SMILES string of the molecule is CCC1(NC[C@@H](O)[C@H](Cc2ccccc2)NC(=O)OC(C)(C)C)CCC1. The minimum atomic E-state index is -0.688. The van der Waals surface area contributed by atoms with Crippen molar-refractivity contribution in [2.75, 3.05) is 6.54 Å². The molecule has 0 aromatic heterocycles. The predicted octanol–water partition coefficient (Wildman–Crippen LogP) is 3.41. The third-order valence-corrected chi connectivity index (χ3v) is 5.14. The Labute approximate surface area is 157 Å². The smallest absolute Gasteiger partial charge is 0.407 e. The average Bonchev–Trinajstić information content (AvgIpc) is 2.52. The summed E-state index contributed by atoms with van der Waals surface area (Å²) in [6.07, 6.45) is 3.97. The molecular weight excluding hydrogens is 328 g/mol. The lowest BCUT2D eigenvalue weighted by atomic mass is 9.74. The molecule has 1 fully saturated rings. The van der Waals surface area contributed by atoms with E-state index in [1.165, 1.54) is 6.42 Å². The molecule has 2 rings (SSSR count). The van der Waals surface area contributed by atoms with Crippen LogP contribution < -0.4 is 10.6 Å². The van der Waals surface area contributed by atoms with Crippen LogP contribution in [0, 0.1) is 0 Å². The number of amides is 1. The van der Waals surface area contributed by atoms with Crippen molar-refractivity contribution in [2.24, 2.45) is 0 Å². The van der Waals surface area contributed by atoms with Crippen molar-refractivity contribution in [2.45, 2.75) is 83.1 Å². The van der Waals surface area contributed by atoms with Crippen molar-refractivity contribution in [1.29, 1.82) is 0 Å². The van der Waals surface area contributed by atoms with E-state index in [0.717, 1.165) is 24.8 Å². The van der Waals surface area contributed by atoms with Gasteiger partial charge in [0, 0.05) is 12.1 Å². The number of aliphatic hydroxyl groups is 1. The summed E-state index contributed by atoms with van der Waals surface area (Å²) < 4.78 is 5.37. The second kappa shape index (κ2) is 8.87. The molecule has 0 aliphatic heterocycles. The van der Waals surface area contributed by atoms with Crippen LogP contribution in [0.15, 0.2) is 30.3 Å². The number of carbonyl (C=O) groups is 1. The molecule has 0 radical (unpaired) electrons. The Balaban J connectivity index is 1.99. The Bertz CT molecular complexity index is 559. The molecular formula is C21H34N2O3. The van der Waals surface area contributed by atoms with Gasteiger partial charge in [0.05, 0.1) is 12.1 Å². The lowest BCUT2D eigenvalue weighted by molar-refractivity contribution is 0.0400. The Morgan fingerprint density at radius 3 is 2.42 bits per heavy atom. The van der Waals surface area contributed by atoms with E-state index in [1.54, 1.807) is 0 Å². The number of rotatable bonds is 8. The molecule has 0 spiro atoms. The summed E-state index contributed by atoms with van der Waals surface area (Å²) in [7, 11) is 0. The predicted molar refractivity (Wildman–Crippen MR) is 104 cm³/mol. The van der Waals surface area contributed by atoms with E-state index in [1.807, 2.05) is 51.1 Å². The van der Waals surface area contributed by atoms with Crippen LogP contribution in [0.2, 0.25) is 0 Å². The third-order valence-electron chi connectivity index (χ3n) is 5.14. The van der Waals surface area contributed by atoms with Crippen LogP contribution in [-0.4, -0.2) is 41.0 Å². The monoisotopic (exact) mass is 362 g/mol. The Morgan fingerprint density at radius 2 is 1.92 bits per heavy atom.